The molecule has 1 aromatic heterocycles. The normalized spacial score (nSPS) is 14.1. The molecule has 0 aliphatic heterocycles. The van der Waals surface area contributed by atoms with Crippen LogP contribution >= 0.6 is 11.6 Å². The lowest BCUT2D eigenvalue weighted by Crippen LogP contribution is -2.39. The van der Waals surface area contributed by atoms with Gasteiger partial charge >= 0.3 is 0 Å². The highest BCUT2D eigenvalue weighted by Gasteiger charge is 2.24. The Balaban J connectivity index is 2.93. The second-order valence-electron chi connectivity index (χ2n) is 4.44. The van der Waals surface area contributed by atoms with Crippen molar-refractivity contribution >= 4 is 21.6 Å². The first-order valence-corrected chi connectivity index (χ1v) is 7.46. The van der Waals surface area contributed by atoms with Gasteiger partial charge in [-0.05, 0) is 23.9 Å². The highest BCUT2D eigenvalue weighted by atomic mass is 35.5. The molecule has 0 aromatic carbocycles. The minimum Gasteiger partial charge on any atom is -0.396 e. The van der Waals surface area contributed by atoms with Crippen molar-refractivity contribution in [1.29, 1.82) is 0 Å². The SMILES string of the molecule is CC(C)C(CCO)NS(=O)(=O)c1cn(C)c(Cl)n1. The van der Waals surface area contributed by atoms with Crippen LogP contribution in [-0.4, -0.2) is 35.7 Å². The van der Waals surface area contributed by atoms with Gasteiger partial charge in [0.05, 0.1) is 0 Å². The molecule has 104 valence electrons. The molecule has 0 fully saturated rings. The van der Waals surface area contributed by atoms with Gasteiger partial charge < -0.3 is 9.67 Å². The Kier molecular flexibility index (Phi) is 5.15. The molecule has 1 rings (SSSR count). The average molecular weight is 296 g/mol. The molecular formula is C10H18ClN3O3S. The van der Waals surface area contributed by atoms with Crippen molar-refractivity contribution in [3.8, 4) is 0 Å². The van der Waals surface area contributed by atoms with Gasteiger partial charge in [0.25, 0.3) is 10.0 Å². The molecule has 0 aliphatic rings. The number of aliphatic hydroxyl groups is 1. The van der Waals surface area contributed by atoms with Gasteiger partial charge in [0, 0.05) is 25.9 Å². The number of halogens is 1. The monoisotopic (exact) mass is 295 g/mol. The number of nitrogens with zero attached hydrogens (tertiary/aromatic N) is 2. The maximum Gasteiger partial charge on any atom is 0.259 e. The van der Waals surface area contributed by atoms with E-state index >= 15 is 0 Å². The van der Waals surface area contributed by atoms with Gasteiger partial charge in [-0.2, -0.15) is 0 Å². The van der Waals surface area contributed by atoms with Gasteiger partial charge in [-0.15, -0.1) is 0 Å². The smallest absolute Gasteiger partial charge is 0.259 e. The second kappa shape index (κ2) is 6.01. The molecule has 18 heavy (non-hydrogen) atoms. The van der Waals surface area contributed by atoms with Crippen LogP contribution in [0.5, 0.6) is 0 Å². The van der Waals surface area contributed by atoms with Crippen molar-refractivity contribution in [2.75, 3.05) is 6.61 Å². The summed E-state index contributed by atoms with van der Waals surface area (Å²) in [7, 11) is -2.09. The molecule has 0 bridgehead atoms. The van der Waals surface area contributed by atoms with E-state index in [1.165, 1.54) is 10.8 Å². The third kappa shape index (κ3) is 3.68. The average Bonchev–Trinajstić information content (AvgIpc) is 2.59. The van der Waals surface area contributed by atoms with Crippen molar-refractivity contribution in [3.05, 3.63) is 11.5 Å². The summed E-state index contributed by atoms with van der Waals surface area (Å²) in [4.78, 5) is 3.77. The molecule has 0 radical (unpaired) electrons. The van der Waals surface area contributed by atoms with Gasteiger partial charge in [-0.1, -0.05) is 13.8 Å². The van der Waals surface area contributed by atoms with Gasteiger partial charge in [0.1, 0.15) is 0 Å². The van der Waals surface area contributed by atoms with Crippen LogP contribution in [0.4, 0.5) is 0 Å². The van der Waals surface area contributed by atoms with Crippen molar-refractivity contribution in [2.24, 2.45) is 13.0 Å². The number of hydrogen-bond donors (Lipinski definition) is 2. The van der Waals surface area contributed by atoms with E-state index in [2.05, 4.69) is 9.71 Å². The third-order valence-electron chi connectivity index (χ3n) is 2.62. The van der Waals surface area contributed by atoms with E-state index in [4.69, 9.17) is 16.7 Å². The molecule has 1 heterocycles. The van der Waals surface area contributed by atoms with Crippen LogP contribution < -0.4 is 4.72 Å². The van der Waals surface area contributed by atoms with Crippen LogP contribution in [0.25, 0.3) is 0 Å². The first-order valence-electron chi connectivity index (χ1n) is 5.60. The van der Waals surface area contributed by atoms with E-state index in [1.807, 2.05) is 13.8 Å². The number of nitrogens with one attached hydrogen (secondary N) is 1. The molecule has 6 nitrogen and oxygen atoms in total. The van der Waals surface area contributed by atoms with Crippen LogP contribution in [0, 0.1) is 5.92 Å². The van der Waals surface area contributed by atoms with Gasteiger partial charge in [0.15, 0.2) is 5.03 Å². The summed E-state index contributed by atoms with van der Waals surface area (Å²) in [6, 6.07) is -0.333. The summed E-state index contributed by atoms with van der Waals surface area (Å²) in [5.74, 6) is 0.0751. The zero-order chi connectivity index (χ0) is 13.9. The standard InChI is InChI=1S/C10H18ClN3O3S/c1-7(2)8(4-5-15)13-18(16,17)9-6-14(3)10(11)12-9/h6-8,13,15H,4-5H2,1-3H3. The molecule has 8 heteroatoms. The van der Waals surface area contributed by atoms with Crippen LogP contribution in [-0.2, 0) is 17.1 Å². The van der Waals surface area contributed by atoms with Crippen LogP contribution in [0.2, 0.25) is 5.28 Å². The van der Waals surface area contributed by atoms with Crippen molar-refractivity contribution in [3.63, 3.8) is 0 Å². The summed E-state index contributed by atoms with van der Waals surface area (Å²) in [5.41, 5.74) is 0. The van der Waals surface area contributed by atoms with Crippen LogP contribution in [0.3, 0.4) is 0 Å². The van der Waals surface area contributed by atoms with Gasteiger partial charge in [0.2, 0.25) is 5.28 Å². The summed E-state index contributed by atoms with van der Waals surface area (Å²) < 4.78 is 28.1. The fourth-order valence-corrected chi connectivity index (χ4v) is 3.08. The van der Waals surface area contributed by atoms with E-state index in [1.54, 1.807) is 7.05 Å². The van der Waals surface area contributed by atoms with Gasteiger partial charge in [-0.3, -0.25) is 0 Å². The number of rotatable bonds is 6. The Morgan fingerprint density at radius 1 is 1.56 bits per heavy atom. The Morgan fingerprint density at radius 2 is 2.17 bits per heavy atom. The number of aryl methyl sites for hydroxylation is 1. The fourth-order valence-electron chi connectivity index (χ4n) is 1.47. The predicted molar refractivity (Wildman–Crippen MR) is 68.9 cm³/mol. The Bertz CT molecular complexity index is 479. The van der Waals surface area contributed by atoms with E-state index in [0.29, 0.717) is 6.42 Å². The molecule has 1 atom stereocenters. The minimum atomic E-state index is -3.71. The molecule has 2 N–H and O–H groups in total. The highest BCUT2D eigenvalue weighted by molar-refractivity contribution is 7.89. The number of aliphatic hydroxyl groups excluding tert-OH is 1. The summed E-state index contributed by atoms with van der Waals surface area (Å²) in [6.45, 7) is 3.69. The van der Waals surface area contributed by atoms with Crippen molar-refractivity contribution < 1.29 is 13.5 Å². The van der Waals surface area contributed by atoms with Crippen molar-refractivity contribution in [1.82, 2.24) is 14.3 Å². The maximum atomic E-state index is 12.1. The fraction of sp³-hybridized carbons (Fsp3) is 0.700. The third-order valence-corrected chi connectivity index (χ3v) is 4.34. The molecule has 0 saturated heterocycles. The lowest BCUT2D eigenvalue weighted by atomic mass is 10.0. The summed E-state index contributed by atoms with van der Waals surface area (Å²) in [6.07, 6.45) is 1.71. The lowest BCUT2D eigenvalue weighted by Gasteiger charge is -2.20. The molecule has 1 aromatic rings. The Hall–Kier alpha value is -0.630. The Morgan fingerprint density at radius 3 is 2.56 bits per heavy atom. The topological polar surface area (TPSA) is 84.2 Å². The Labute approximate surface area is 112 Å². The molecule has 0 aliphatic carbocycles. The molecule has 0 spiro atoms. The quantitative estimate of drug-likeness (QED) is 0.811. The highest BCUT2D eigenvalue weighted by Crippen LogP contribution is 2.15. The summed E-state index contributed by atoms with van der Waals surface area (Å²) >= 11 is 5.72. The summed E-state index contributed by atoms with van der Waals surface area (Å²) in [5, 5.41) is 8.92. The molecule has 0 saturated carbocycles. The van der Waals surface area contributed by atoms with E-state index < -0.39 is 10.0 Å². The number of sulfonamides is 1. The van der Waals surface area contributed by atoms with Crippen LogP contribution in [0.1, 0.15) is 20.3 Å². The maximum absolute atomic E-state index is 12.1. The van der Waals surface area contributed by atoms with Crippen molar-refractivity contribution in [2.45, 2.75) is 31.3 Å². The minimum absolute atomic E-state index is 0.0751. The molecule has 1 unspecified atom stereocenters. The predicted octanol–water partition coefficient (Wildman–Crippen LogP) is 0.759. The first kappa shape index (κ1) is 15.4. The number of imidazole rings is 1. The van der Waals surface area contributed by atoms with Crippen LogP contribution in [0.15, 0.2) is 11.2 Å². The zero-order valence-electron chi connectivity index (χ0n) is 10.6. The largest absolute Gasteiger partial charge is 0.396 e. The van der Waals surface area contributed by atoms with E-state index in [9.17, 15) is 8.42 Å². The van der Waals surface area contributed by atoms with Gasteiger partial charge in [-0.25, -0.2) is 18.1 Å². The number of aromatic nitrogens is 2. The molecule has 0 amide bonds. The van der Waals surface area contributed by atoms with E-state index in [-0.39, 0.29) is 28.9 Å². The zero-order valence-corrected chi connectivity index (χ0v) is 12.2. The van der Waals surface area contributed by atoms with E-state index in [0.717, 1.165) is 0 Å². The lowest BCUT2D eigenvalue weighted by molar-refractivity contribution is 0.256. The molecular weight excluding hydrogens is 278 g/mol. The second-order valence-corrected chi connectivity index (χ2v) is 6.44. The number of hydrogen-bond acceptors (Lipinski definition) is 4. The first-order chi connectivity index (χ1) is 8.27.